The highest BCUT2D eigenvalue weighted by molar-refractivity contribution is 5.87. The highest BCUT2D eigenvalue weighted by atomic mass is 16.5. The molecule has 0 amide bonds. The number of anilines is 1. The number of carbonyl (C=O) groups excluding carboxylic acids is 1. The van der Waals surface area contributed by atoms with Gasteiger partial charge in [0.05, 0.1) is 18.2 Å². The summed E-state index contributed by atoms with van der Waals surface area (Å²) in [5, 5.41) is 26.8. The average molecular weight is 290 g/mol. The van der Waals surface area contributed by atoms with Crippen molar-refractivity contribution < 1.29 is 19.7 Å². The first-order valence-electron chi connectivity index (χ1n) is 6.33. The van der Waals surface area contributed by atoms with Gasteiger partial charge in [-0.2, -0.15) is 5.26 Å². The van der Waals surface area contributed by atoms with E-state index in [9.17, 15) is 4.79 Å². The molecule has 6 heteroatoms. The molecule has 0 fully saturated rings. The molecule has 1 unspecified atom stereocenters. The molecule has 1 aromatic rings. The number of aliphatic hydroxyl groups excluding tert-OH is 2. The van der Waals surface area contributed by atoms with Crippen LogP contribution in [0, 0.1) is 11.3 Å². The van der Waals surface area contributed by atoms with Crippen molar-refractivity contribution in [2.24, 2.45) is 0 Å². The number of hydrogen-bond donors (Lipinski definition) is 2. The molecular weight excluding hydrogens is 272 g/mol. The Morgan fingerprint density at radius 3 is 2.81 bits per heavy atom. The van der Waals surface area contributed by atoms with Crippen LogP contribution in [0.25, 0.3) is 6.08 Å². The molecule has 0 radical (unpaired) electrons. The molecule has 0 heterocycles. The highest BCUT2D eigenvalue weighted by Gasteiger charge is 2.06. The van der Waals surface area contributed by atoms with Crippen molar-refractivity contribution in [1.29, 1.82) is 5.26 Å². The van der Waals surface area contributed by atoms with Gasteiger partial charge in [0.25, 0.3) is 0 Å². The number of esters is 1. The fourth-order valence-electron chi connectivity index (χ4n) is 1.50. The number of benzene rings is 1. The zero-order valence-corrected chi connectivity index (χ0v) is 12.0. The lowest BCUT2D eigenvalue weighted by Crippen LogP contribution is -2.21. The van der Waals surface area contributed by atoms with E-state index in [2.05, 4.69) is 6.07 Å². The van der Waals surface area contributed by atoms with Crippen LogP contribution in [-0.4, -0.2) is 49.6 Å². The molecular formula is C15H18N2O4. The maximum Gasteiger partial charge on any atom is 0.330 e. The number of nitriles is 1. The monoisotopic (exact) mass is 290 g/mol. The zero-order valence-electron chi connectivity index (χ0n) is 12.0. The van der Waals surface area contributed by atoms with Crippen LogP contribution in [0.2, 0.25) is 0 Å². The molecule has 6 nitrogen and oxygen atoms in total. The molecule has 1 aromatic carbocycles. The number of ether oxygens (including phenoxy) is 1. The van der Waals surface area contributed by atoms with Gasteiger partial charge in [0.2, 0.25) is 0 Å². The van der Waals surface area contributed by atoms with Gasteiger partial charge in [-0.15, -0.1) is 0 Å². The van der Waals surface area contributed by atoms with Gasteiger partial charge in [-0.1, -0.05) is 6.07 Å². The molecule has 0 bridgehead atoms. The van der Waals surface area contributed by atoms with Gasteiger partial charge in [0.15, 0.2) is 0 Å². The van der Waals surface area contributed by atoms with Crippen LogP contribution in [0.15, 0.2) is 24.3 Å². The lowest BCUT2D eigenvalue weighted by Gasteiger charge is -2.13. The molecule has 1 atom stereocenters. The van der Waals surface area contributed by atoms with Gasteiger partial charge in [-0.05, 0) is 23.8 Å². The van der Waals surface area contributed by atoms with Crippen LogP contribution in [0.5, 0.6) is 0 Å². The molecule has 0 aliphatic carbocycles. The minimum absolute atomic E-state index is 0.273. The number of aliphatic hydroxyl groups is 2. The third-order valence-electron chi connectivity index (χ3n) is 2.70. The summed E-state index contributed by atoms with van der Waals surface area (Å²) in [5.41, 5.74) is 1.93. The molecule has 0 saturated carbocycles. The fourth-order valence-corrected chi connectivity index (χ4v) is 1.50. The topological polar surface area (TPSA) is 93.8 Å². The quantitative estimate of drug-likeness (QED) is 0.586. The second-order valence-corrected chi connectivity index (χ2v) is 4.58. The van der Waals surface area contributed by atoms with E-state index in [0.717, 1.165) is 5.69 Å². The maximum atomic E-state index is 11.4. The summed E-state index contributed by atoms with van der Waals surface area (Å²) in [6.45, 7) is -0.744. The first-order chi connectivity index (χ1) is 9.97. The Labute approximate surface area is 123 Å². The standard InChI is InChI=1S/C15H18N2O4/c1-17(2)13-5-3-11(12(7-13)8-16)4-6-15(20)21-10-14(19)9-18/h3-7,14,18-19H,9-10H2,1-2H3/b6-4+. The summed E-state index contributed by atoms with van der Waals surface area (Å²) in [4.78, 5) is 13.3. The maximum absolute atomic E-state index is 11.4. The molecule has 0 spiro atoms. The summed E-state index contributed by atoms with van der Waals surface area (Å²) in [6.07, 6.45) is 1.57. The zero-order chi connectivity index (χ0) is 15.8. The van der Waals surface area contributed by atoms with E-state index in [4.69, 9.17) is 20.2 Å². The van der Waals surface area contributed by atoms with E-state index in [-0.39, 0.29) is 6.61 Å². The minimum atomic E-state index is -1.09. The Morgan fingerprint density at radius 2 is 2.24 bits per heavy atom. The predicted octanol–water partition coefficient (Wildman–Crippen LogP) is 0.534. The van der Waals surface area contributed by atoms with E-state index >= 15 is 0 Å². The number of hydrogen-bond acceptors (Lipinski definition) is 6. The molecule has 2 N–H and O–H groups in total. The number of nitrogens with zero attached hydrogens (tertiary/aromatic N) is 2. The minimum Gasteiger partial charge on any atom is -0.460 e. The first-order valence-corrected chi connectivity index (χ1v) is 6.33. The van der Waals surface area contributed by atoms with Gasteiger partial charge in [0.1, 0.15) is 12.7 Å². The third kappa shape index (κ3) is 5.26. The number of rotatable bonds is 6. The van der Waals surface area contributed by atoms with Crippen molar-refractivity contribution in [1.82, 2.24) is 0 Å². The van der Waals surface area contributed by atoms with Crippen LogP contribution >= 0.6 is 0 Å². The first kappa shape index (κ1) is 16.7. The molecule has 112 valence electrons. The smallest absolute Gasteiger partial charge is 0.330 e. The molecule has 21 heavy (non-hydrogen) atoms. The molecule has 0 saturated heterocycles. The summed E-state index contributed by atoms with van der Waals surface area (Å²) >= 11 is 0. The van der Waals surface area contributed by atoms with Crippen molar-refractivity contribution in [3.63, 3.8) is 0 Å². The Kier molecular flexibility index (Phi) is 6.40. The van der Waals surface area contributed by atoms with E-state index in [0.29, 0.717) is 11.1 Å². The largest absolute Gasteiger partial charge is 0.460 e. The van der Waals surface area contributed by atoms with Gasteiger partial charge in [-0.25, -0.2) is 4.79 Å². The van der Waals surface area contributed by atoms with E-state index in [1.54, 1.807) is 12.1 Å². The molecule has 1 rings (SSSR count). The van der Waals surface area contributed by atoms with Crippen molar-refractivity contribution in [2.45, 2.75) is 6.10 Å². The van der Waals surface area contributed by atoms with Crippen molar-refractivity contribution in [3.05, 3.63) is 35.4 Å². The van der Waals surface area contributed by atoms with E-state index in [1.807, 2.05) is 25.1 Å². The van der Waals surface area contributed by atoms with Crippen LogP contribution in [0.1, 0.15) is 11.1 Å². The Hall–Kier alpha value is -2.36. The predicted molar refractivity (Wildman–Crippen MR) is 78.6 cm³/mol. The Morgan fingerprint density at radius 1 is 1.52 bits per heavy atom. The Bertz CT molecular complexity index is 561. The third-order valence-corrected chi connectivity index (χ3v) is 2.70. The Balaban J connectivity index is 2.76. The lowest BCUT2D eigenvalue weighted by atomic mass is 10.1. The van der Waals surface area contributed by atoms with Crippen molar-refractivity contribution in [3.8, 4) is 6.07 Å². The van der Waals surface area contributed by atoms with Gasteiger partial charge >= 0.3 is 5.97 Å². The van der Waals surface area contributed by atoms with Gasteiger partial charge in [0, 0.05) is 25.9 Å². The summed E-state index contributed by atoms with van der Waals surface area (Å²) in [6, 6.07) is 7.36. The highest BCUT2D eigenvalue weighted by Crippen LogP contribution is 2.18. The average Bonchev–Trinajstić information content (AvgIpc) is 2.49. The summed E-state index contributed by atoms with van der Waals surface area (Å²) < 4.78 is 4.73. The van der Waals surface area contributed by atoms with Crippen molar-refractivity contribution >= 4 is 17.7 Å². The van der Waals surface area contributed by atoms with E-state index < -0.39 is 18.7 Å². The summed E-state index contributed by atoms with van der Waals surface area (Å²) in [7, 11) is 3.74. The van der Waals surface area contributed by atoms with Crippen LogP contribution in [0.3, 0.4) is 0 Å². The summed E-state index contributed by atoms with van der Waals surface area (Å²) in [5.74, 6) is -0.650. The second-order valence-electron chi connectivity index (χ2n) is 4.58. The second kappa shape index (κ2) is 8.04. The SMILES string of the molecule is CN(C)c1ccc(/C=C/C(=O)OCC(O)CO)c(C#N)c1. The van der Waals surface area contributed by atoms with Crippen LogP contribution < -0.4 is 4.90 Å². The van der Waals surface area contributed by atoms with Gasteiger partial charge < -0.3 is 19.8 Å². The molecule has 0 aliphatic rings. The molecule has 0 aliphatic heterocycles. The van der Waals surface area contributed by atoms with Crippen LogP contribution in [0.4, 0.5) is 5.69 Å². The lowest BCUT2D eigenvalue weighted by molar-refractivity contribution is -0.141. The van der Waals surface area contributed by atoms with Crippen molar-refractivity contribution in [2.75, 3.05) is 32.2 Å². The normalized spacial score (nSPS) is 12.0. The number of carbonyl (C=O) groups is 1. The van der Waals surface area contributed by atoms with Crippen LogP contribution in [-0.2, 0) is 9.53 Å². The van der Waals surface area contributed by atoms with Gasteiger partial charge in [-0.3, -0.25) is 0 Å². The van der Waals surface area contributed by atoms with E-state index in [1.165, 1.54) is 12.2 Å². The molecule has 0 aromatic heterocycles. The fraction of sp³-hybridized carbons (Fsp3) is 0.333.